The van der Waals surface area contributed by atoms with Gasteiger partial charge < -0.3 is 9.88 Å². The Morgan fingerprint density at radius 1 is 0.889 bits per heavy atom. The van der Waals surface area contributed by atoms with Gasteiger partial charge in [-0.25, -0.2) is 15.0 Å². The zero-order valence-electron chi connectivity index (χ0n) is 14.3. The van der Waals surface area contributed by atoms with Crippen LogP contribution in [0.3, 0.4) is 0 Å². The lowest BCUT2D eigenvalue weighted by Crippen LogP contribution is -2.19. The highest BCUT2D eigenvalue weighted by atomic mass is 16.2. The van der Waals surface area contributed by atoms with E-state index in [1.165, 1.54) is 0 Å². The number of carbonyl (C=O) groups excluding carboxylic acids is 1. The third-order valence-electron chi connectivity index (χ3n) is 4.49. The van der Waals surface area contributed by atoms with Gasteiger partial charge in [0.15, 0.2) is 5.65 Å². The Morgan fingerprint density at radius 2 is 1.63 bits per heavy atom. The summed E-state index contributed by atoms with van der Waals surface area (Å²) in [6, 6.07) is 21.1. The predicted molar refractivity (Wildman–Crippen MR) is 105 cm³/mol. The average Bonchev–Trinajstić information content (AvgIpc) is 3.00. The van der Waals surface area contributed by atoms with Gasteiger partial charge in [-0.15, -0.1) is 0 Å². The Labute approximate surface area is 154 Å². The largest absolute Gasteiger partial charge is 0.314 e. The number of para-hydroxylation sites is 3. The highest BCUT2D eigenvalue weighted by Gasteiger charge is 2.16. The lowest BCUT2D eigenvalue weighted by Gasteiger charge is -2.08. The SMILES string of the molecule is O=C(Cn1c2ccccc2c2nc3ccccc3nc21)Nc1ccccn1. The molecule has 1 N–H and O–H groups in total. The minimum Gasteiger partial charge on any atom is -0.314 e. The van der Waals surface area contributed by atoms with E-state index in [1.54, 1.807) is 12.3 Å². The molecule has 0 aliphatic carbocycles. The van der Waals surface area contributed by atoms with Gasteiger partial charge in [-0.3, -0.25) is 4.79 Å². The van der Waals surface area contributed by atoms with E-state index in [0.29, 0.717) is 11.5 Å². The van der Waals surface area contributed by atoms with Crippen LogP contribution in [0.1, 0.15) is 0 Å². The van der Waals surface area contributed by atoms with Gasteiger partial charge in [0.2, 0.25) is 5.91 Å². The van der Waals surface area contributed by atoms with Crippen LogP contribution in [0.25, 0.3) is 33.1 Å². The quantitative estimate of drug-likeness (QED) is 0.536. The van der Waals surface area contributed by atoms with E-state index in [9.17, 15) is 4.79 Å². The lowest BCUT2D eigenvalue weighted by atomic mass is 10.2. The highest BCUT2D eigenvalue weighted by molar-refractivity contribution is 6.07. The third-order valence-corrected chi connectivity index (χ3v) is 4.49. The minimum atomic E-state index is -0.161. The molecule has 0 unspecified atom stereocenters. The third kappa shape index (κ3) is 2.67. The van der Waals surface area contributed by atoms with Gasteiger partial charge in [-0.1, -0.05) is 36.4 Å². The van der Waals surface area contributed by atoms with Crippen molar-refractivity contribution in [2.45, 2.75) is 6.54 Å². The van der Waals surface area contributed by atoms with Crippen molar-refractivity contribution < 1.29 is 4.79 Å². The molecule has 0 saturated heterocycles. The predicted octanol–water partition coefficient (Wildman–Crippen LogP) is 3.77. The van der Waals surface area contributed by atoms with Crippen LogP contribution in [-0.4, -0.2) is 25.4 Å². The number of rotatable bonds is 3. The van der Waals surface area contributed by atoms with Crippen molar-refractivity contribution in [2.75, 3.05) is 5.32 Å². The molecule has 0 fully saturated rings. The van der Waals surface area contributed by atoms with Crippen LogP contribution in [0.4, 0.5) is 5.82 Å². The second-order valence-corrected chi connectivity index (χ2v) is 6.25. The fourth-order valence-electron chi connectivity index (χ4n) is 3.31. The second-order valence-electron chi connectivity index (χ2n) is 6.25. The first-order valence-electron chi connectivity index (χ1n) is 8.64. The molecule has 0 aliphatic rings. The van der Waals surface area contributed by atoms with Crippen molar-refractivity contribution in [3.63, 3.8) is 0 Å². The smallest absolute Gasteiger partial charge is 0.245 e. The molecule has 2 aromatic carbocycles. The summed E-state index contributed by atoms with van der Waals surface area (Å²) < 4.78 is 1.91. The van der Waals surface area contributed by atoms with Crippen LogP contribution in [0.15, 0.2) is 72.9 Å². The molecule has 0 atom stereocenters. The van der Waals surface area contributed by atoms with E-state index >= 15 is 0 Å². The van der Waals surface area contributed by atoms with E-state index in [-0.39, 0.29) is 12.5 Å². The summed E-state index contributed by atoms with van der Waals surface area (Å²) in [5, 5.41) is 3.81. The first kappa shape index (κ1) is 15.5. The molecule has 0 bridgehead atoms. The zero-order valence-corrected chi connectivity index (χ0v) is 14.3. The van der Waals surface area contributed by atoms with Crippen molar-refractivity contribution in [3.8, 4) is 0 Å². The van der Waals surface area contributed by atoms with Gasteiger partial charge in [0.05, 0.1) is 16.6 Å². The maximum atomic E-state index is 12.6. The Kier molecular flexibility index (Phi) is 3.53. The maximum Gasteiger partial charge on any atom is 0.245 e. The number of anilines is 1. The normalized spacial score (nSPS) is 11.3. The Bertz CT molecular complexity index is 1290. The van der Waals surface area contributed by atoms with Crippen LogP contribution < -0.4 is 5.32 Å². The standard InChI is InChI=1S/C21H15N5O/c27-19(25-18-11-5-6-12-22-18)13-26-17-10-4-1-7-14(17)20-21(26)24-16-9-3-2-8-15(16)23-20/h1-12H,13H2,(H,22,25,27). The van der Waals surface area contributed by atoms with E-state index in [4.69, 9.17) is 9.97 Å². The molecule has 5 aromatic rings. The maximum absolute atomic E-state index is 12.6. The molecule has 6 nitrogen and oxygen atoms in total. The topological polar surface area (TPSA) is 72.7 Å². The van der Waals surface area contributed by atoms with Gasteiger partial charge in [-0.2, -0.15) is 0 Å². The molecule has 0 spiro atoms. The summed E-state index contributed by atoms with van der Waals surface area (Å²) in [6.45, 7) is 0.133. The number of hydrogen-bond donors (Lipinski definition) is 1. The molecule has 27 heavy (non-hydrogen) atoms. The molecular formula is C21H15N5O. The molecule has 0 aliphatic heterocycles. The number of pyridine rings is 1. The summed E-state index contributed by atoms with van der Waals surface area (Å²) in [5.74, 6) is 0.367. The van der Waals surface area contributed by atoms with Crippen LogP contribution in [0.2, 0.25) is 0 Å². The Morgan fingerprint density at radius 3 is 2.44 bits per heavy atom. The van der Waals surface area contributed by atoms with Gasteiger partial charge in [0.1, 0.15) is 17.9 Å². The average molecular weight is 353 g/mol. The number of nitrogens with one attached hydrogen (secondary N) is 1. The molecule has 0 saturated carbocycles. The van der Waals surface area contributed by atoms with Gasteiger partial charge in [0.25, 0.3) is 0 Å². The van der Waals surface area contributed by atoms with Crippen molar-refractivity contribution in [3.05, 3.63) is 72.9 Å². The Hall–Kier alpha value is -3.80. The molecule has 6 heteroatoms. The summed E-state index contributed by atoms with van der Waals surface area (Å²) >= 11 is 0. The van der Waals surface area contributed by atoms with E-state index in [2.05, 4.69) is 10.3 Å². The molecule has 3 heterocycles. The molecule has 3 aromatic heterocycles. The summed E-state index contributed by atoms with van der Waals surface area (Å²) in [4.78, 5) is 26.3. The fraction of sp³-hybridized carbons (Fsp3) is 0.0476. The summed E-state index contributed by atoms with van der Waals surface area (Å²) in [6.07, 6.45) is 1.65. The molecule has 5 rings (SSSR count). The molecular weight excluding hydrogens is 338 g/mol. The van der Waals surface area contributed by atoms with Crippen LogP contribution in [0.5, 0.6) is 0 Å². The molecule has 0 radical (unpaired) electrons. The fourth-order valence-corrected chi connectivity index (χ4v) is 3.31. The van der Waals surface area contributed by atoms with Crippen molar-refractivity contribution >= 4 is 44.8 Å². The second kappa shape index (κ2) is 6.17. The van der Waals surface area contributed by atoms with Crippen LogP contribution >= 0.6 is 0 Å². The van der Waals surface area contributed by atoms with Crippen LogP contribution in [0, 0.1) is 0 Å². The van der Waals surface area contributed by atoms with E-state index in [0.717, 1.165) is 27.5 Å². The number of amides is 1. The number of fused-ring (bicyclic) bond motifs is 4. The number of nitrogens with zero attached hydrogens (tertiary/aromatic N) is 4. The first-order valence-corrected chi connectivity index (χ1v) is 8.64. The van der Waals surface area contributed by atoms with Crippen molar-refractivity contribution in [2.24, 2.45) is 0 Å². The summed E-state index contributed by atoms with van der Waals surface area (Å²) in [5.41, 5.74) is 4.07. The number of aromatic nitrogens is 4. The van der Waals surface area contributed by atoms with Crippen LogP contribution in [-0.2, 0) is 11.3 Å². The van der Waals surface area contributed by atoms with Crippen molar-refractivity contribution in [1.29, 1.82) is 0 Å². The first-order chi connectivity index (χ1) is 13.3. The number of carbonyl (C=O) groups is 1. The molecule has 130 valence electrons. The van der Waals surface area contributed by atoms with Gasteiger partial charge in [-0.05, 0) is 30.3 Å². The lowest BCUT2D eigenvalue weighted by molar-refractivity contribution is -0.116. The van der Waals surface area contributed by atoms with E-state index in [1.807, 2.05) is 65.2 Å². The van der Waals surface area contributed by atoms with Gasteiger partial charge in [0, 0.05) is 11.6 Å². The minimum absolute atomic E-state index is 0.133. The number of hydrogen-bond acceptors (Lipinski definition) is 4. The Balaban J connectivity index is 1.65. The van der Waals surface area contributed by atoms with Gasteiger partial charge >= 0.3 is 0 Å². The monoisotopic (exact) mass is 353 g/mol. The van der Waals surface area contributed by atoms with E-state index < -0.39 is 0 Å². The highest BCUT2D eigenvalue weighted by Crippen LogP contribution is 2.28. The van der Waals surface area contributed by atoms with Crippen molar-refractivity contribution in [1.82, 2.24) is 19.5 Å². The summed E-state index contributed by atoms with van der Waals surface area (Å²) in [7, 11) is 0. The number of benzene rings is 2. The zero-order chi connectivity index (χ0) is 18.2. The molecule has 1 amide bonds.